The summed E-state index contributed by atoms with van der Waals surface area (Å²) in [4.78, 5) is 26.7. The van der Waals surface area contributed by atoms with Crippen molar-refractivity contribution in [2.45, 2.75) is 32.8 Å². The lowest BCUT2D eigenvalue weighted by molar-refractivity contribution is -0.140. The van der Waals surface area contributed by atoms with Crippen LogP contribution in [0.3, 0.4) is 0 Å². The Bertz CT molecular complexity index is 590. The van der Waals surface area contributed by atoms with E-state index in [1.54, 1.807) is 0 Å². The number of esters is 1. The van der Waals surface area contributed by atoms with E-state index in [0.29, 0.717) is 0 Å². The molecule has 0 amide bonds. The Morgan fingerprint density at radius 2 is 2.08 bits per heavy atom. The second kappa shape index (κ2) is 9.27. The normalized spacial score (nSPS) is 23.0. The van der Waals surface area contributed by atoms with Crippen molar-refractivity contribution in [1.29, 1.82) is 0 Å². The Labute approximate surface area is 141 Å². The Morgan fingerprint density at radius 3 is 2.58 bits per heavy atom. The van der Waals surface area contributed by atoms with Gasteiger partial charge in [0.05, 0.1) is 13.2 Å². The van der Waals surface area contributed by atoms with Crippen LogP contribution in [0, 0.1) is 11.8 Å². The lowest BCUT2D eigenvalue weighted by Gasteiger charge is -2.37. The van der Waals surface area contributed by atoms with E-state index in [4.69, 9.17) is 15.0 Å². The smallest absolute Gasteiger partial charge is 0.441 e. The Hall–Kier alpha value is -2.08. The summed E-state index contributed by atoms with van der Waals surface area (Å²) in [6.07, 6.45) is 2.42. The first kappa shape index (κ1) is 20.0. The fourth-order valence-corrected chi connectivity index (χ4v) is 2.98. The highest BCUT2D eigenvalue weighted by molar-refractivity contribution is 6.62. The van der Waals surface area contributed by atoms with Crippen molar-refractivity contribution < 1.29 is 28.6 Å². The number of nitrogens with zero attached hydrogens (tertiary/aromatic N) is 2. The number of carbonyl (C=O) groups excluding carboxylic acids is 2. The van der Waals surface area contributed by atoms with Crippen LogP contribution in [0.2, 0.25) is 0 Å². The van der Waals surface area contributed by atoms with Gasteiger partial charge in [-0.1, -0.05) is 18.2 Å². The zero-order valence-corrected chi connectivity index (χ0v) is 14.6. The topological polar surface area (TPSA) is 98.2 Å². The highest BCUT2D eigenvalue weighted by Crippen LogP contribution is 2.38. The molecule has 132 valence electrons. The van der Waals surface area contributed by atoms with Gasteiger partial charge in [0.15, 0.2) is 0 Å². The molecule has 0 radical (unpaired) electrons. The second-order valence-corrected chi connectivity index (χ2v) is 5.86. The first-order valence-corrected chi connectivity index (χ1v) is 7.63. The van der Waals surface area contributed by atoms with E-state index in [1.165, 1.54) is 7.11 Å². The van der Waals surface area contributed by atoms with E-state index >= 15 is 0 Å². The van der Waals surface area contributed by atoms with E-state index < -0.39 is 17.5 Å². The quantitative estimate of drug-likeness (QED) is 0.128. The summed E-state index contributed by atoms with van der Waals surface area (Å²) < 4.78 is 15.2. The van der Waals surface area contributed by atoms with Gasteiger partial charge >= 0.3 is 11.7 Å². The molecule has 0 N–H and O–H groups in total. The Morgan fingerprint density at radius 1 is 1.42 bits per heavy atom. The molecular weight excluding hydrogens is 312 g/mol. The minimum absolute atomic E-state index is 0.0112. The van der Waals surface area contributed by atoms with E-state index in [1.807, 2.05) is 13.8 Å². The van der Waals surface area contributed by atoms with Crippen molar-refractivity contribution in [3.05, 3.63) is 29.3 Å². The molecule has 1 rings (SSSR count). The maximum absolute atomic E-state index is 12.4. The molecule has 3 atom stereocenters. The van der Waals surface area contributed by atoms with Crippen LogP contribution in [-0.2, 0) is 23.8 Å². The first-order chi connectivity index (χ1) is 11.4. The number of Topliss-reactive ketones (excluding diaryl/α,β-unsaturated/α-hetero) is 1. The van der Waals surface area contributed by atoms with Crippen LogP contribution in [0.25, 0.3) is 5.53 Å². The van der Waals surface area contributed by atoms with Gasteiger partial charge < -0.3 is 19.7 Å². The van der Waals surface area contributed by atoms with Gasteiger partial charge in [0, 0.05) is 19.4 Å². The molecule has 0 aromatic heterocycles. The van der Waals surface area contributed by atoms with Crippen LogP contribution < -0.4 is 0 Å². The average Bonchev–Trinajstić information content (AvgIpc) is 2.54. The maximum atomic E-state index is 12.4. The zero-order valence-electron chi connectivity index (χ0n) is 14.6. The molecule has 0 bridgehead atoms. The molecule has 7 heteroatoms. The average molecular weight is 336 g/mol. The third-order valence-corrected chi connectivity index (χ3v) is 4.21. The van der Waals surface area contributed by atoms with Crippen molar-refractivity contribution in [1.82, 2.24) is 0 Å². The van der Waals surface area contributed by atoms with Crippen LogP contribution in [0.15, 0.2) is 23.8 Å². The maximum Gasteiger partial charge on any atom is 0.441 e. The molecule has 0 saturated heterocycles. The van der Waals surface area contributed by atoms with E-state index in [9.17, 15) is 9.59 Å². The Balaban J connectivity index is 3.09. The summed E-state index contributed by atoms with van der Waals surface area (Å²) in [5.74, 6) is -1.79. The van der Waals surface area contributed by atoms with Gasteiger partial charge in [0.1, 0.15) is 6.79 Å². The van der Waals surface area contributed by atoms with Gasteiger partial charge in [-0.25, -0.2) is 4.79 Å². The number of ketones is 1. The van der Waals surface area contributed by atoms with Crippen molar-refractivity contribution in [3.63, 3.8) is 0 Å². The highest BCUT2D eigenvalue weighted by atomic mass is 16.7. The first-order valence-electron chi connectivity index (χ1n) is 7.63. The zero-order chi connectivity index (χ0) is 18.3. The number of ether oxygens (including phenoxy) is 3. The number of hydrogen-bond acceptors (Lipinski definition) is 5. The minimum atomic E-state index is -0.966. The van der Waals surface area contributed by atoms with Gasteiger partial charge in [-0.2, -0.15) is 4.79 Å². The monoisotopic (exact) mass is 336 g/mol. The standard InChI is InChI=1S/C17H24N2O5/c1-10(2)12-7-6-11(3)16(24-9-22-4)13(12)8-14(20)15(19-18)17(21)23-5/h6,12-13,16H,1,7-9H2,2-5H3/t12-,13-,16-/m0/s1. The number of methoxy groups -OCH3 is 2. The SMILES string of the molecule is C=C(C)[C@@H]1CC=C(C)[C@H](OCOC)[C@H]1CC(=O)C(=[N+]=[N-])C(=O)OC. The van der Waals surface area contributed by atoms with Crippen LogP contribution >= 0.6 is 0 Å². The van der Waals surface area contributed by atoms with Crippen LogP contribution in [0.1, 0.15) is 26.7 Å². The molecule has 0 saturated carbocycles. The Kier molecular flexibility index (Phi) is 7.71. The predicted molar refractivity (Wildman–Crippen MR) is 87.2 cm³/mol. The van der Waals surface area contributed by atoms with E-state index in [-0.39, 0.29) is 31.2 Å². The molecule has 0 unspecified atom stereocenters. The molecule has 0 spiro atoms. The molecule has 0 heterocycles. The predicted octanol–water partition coefficient (Wildman–Crippen LogP) is 1.94. The second-order valence-electron chi connectivity index (χ2n) is 5.86. The molecule has 24 heavy (non-hydrogen) atoms. The fourth-order valence-electron chi connectivity index (χ4n) is 2.98. The fraction of sp³-hybridized carbons (Fsp3) is 0.588. The van der Waals surface area contributed by atoms with E-state index in [0.717, 1.165) is 24.7 Å². The molecule has 7 nitrogen and oxygen atoms in total. The summed E-state index contributed by atoms with van der Waals surface area (Å²) in [5, 5.41) is 0. The van der Waals surface area contributed by atoms with Gasteiger partial charge in [-0.15, -0.1) is 0 Å². The number of rotatable bonds is 8. The summed E-state index contributed by atoms with van der Waals surface area (Å²) in [6.45, 7) is 7.90. The van der Waals surface area contributed by atoms with Crippen LogP contribution in [0.5, 0.6) is 0 Å². The third kappa shape index (κ3) is 4.71. The van der Waals surface area contributed by atoms with Gasteiger partial charge in [-0.05, 0) is 31.8 Å². The van der Waals surface area contributed by atoms with Crippen LogP contribution in [0.4, 0.5) is 0 Å². The van der Waals surface area contributed by atoms with Crippen molar-refractivity contribution in [3.8, 4) is 0 Å². The molecule has 0 aliphatic heterocycles. The van der Waals surface area contributed by atoms with Crippen molar-refractivity contribution in [2.75, 3.05) is 21.0 Å². The number of carbonyl (C=O) groups is 2. The molecule has 1 aliphatic rings. The van der Waals surface area contributed by atoms with Gasteiger partial charge in [0.2, 0.25) is 0 Å². The third-order valence-electron chi connectivity index (χ3n) is 4.21. The van der Waals surface area contributed by atoms with E-state index in [2.05, 4.69) is 22.2 Å². The number of allylic oxidation sites excluding steroid dienone is 2. The minimum Gasteiger partial charge on any atom is -0.460 e. The summed E-state index contributed by atoms with van der Waals surface area (Å²) in [6, 6.07) is 0. The van der Waals surface area contributed by atoms with Gasteiger partial charge in [0.25, 0.3) is 5.78 Å². The lowest BCUT2D eigenvalue weighted by Crippen LogP contribution is -2.39. The summed E-state index contributed by atoms with van der Waals surface area (Å²) in [7, 11) is 2.64. The summed E-state index contributed by atoms with van der Waals surface area (Å²) >= 11 is 0. The molecular formula is C17H24N2O5. The molecule has 0 fully saturated rings. The lowest BCUT2D eigenvalue weighted by atomic mass is 9.72. The van der Waals surface area contributed by atoms with Crippen molar-refractivity contribution >= 4 is 17.5 Å². The summed E-state index contributed by atoms with van der Waals surface area (Å²) in [5.41, 5.74) is 10.2. The van der Waals surface area contributed by atoms with Crippen LogP contribution in [-0.4, -0.2) is 49.4 Å². The number of hydrogen-bond donors (Lipinski definition) is 0. The largest absolute Gasteiger partial charge is 0.460 e. The highest BCUT2D eigenvalue weighted by Gasteiger charge is 2.40. The molecule has 0 aromatic carbocycles. The molecule has 1 aliphatic carbocycles. The molecule has 0 aromatic rings. The van der Waals surface area contributed by atoms with Crippen molar-refractivity contribution in [2.24, 2.45) is 11.8 Å². The van der Waals surface area contributed by atoms with Gasteiger partial charge in [-0.3, -0.25) is 4.79 Å².